The second-order valence-corrected chi connectivity index (χ2v) is 7.42. The first kappa shape index (κ1) is 16.4. The minimum absolute atomic E-state index is 0.251. The van der Waals surface area contributed by atoms with E-state index in [9.17, 15) is 0 Å². The molecule has 0 saturated carbocycles. The van der Waals surface area contributed by atoms with Crippen LogP contribution in [0.5, 0.6) is 0 Å². The first-order chi connectivity index (χ1) is 12.2. The van der Waals surface area contributed by atoms with E-state index < -0.39 is 0 Å². The van der Waals surface area contributed by atoms with Crippen molar-refractivity contribution in [3.05, 3.63) is 57.9 Å². The van der Waals surface area contributed by atoms with E-state index in [1.165, 1.54) is 11.1 Å². The summed E-state index contributed by atoms with van der Waals surface area (Å²) in [5, 5.41) is 2.12. The molecule has 0 spiro atoms. The number of nitrogens with zero attached hydrogens (tertiary/aromatic N) is 2. The average Bonchev–Trinajstić information content (AvgIpc) is 3.30. The van der Waals surface area contributed by atoms with Crippen LogP contribution in [0.4, 0.5) is 5.69 Å². The molecule has 0 radical (unpaired) electrons. The zero-order valence-electron chi connectivity index (χ0n) is 14.6. The third kappa shape index (κ3) is 3.62. The van der Waals surface area contributed by atoms with Crippen molar-refractivity contribution < 1.29 is 9.15 Å². The normalized spacial score (nSPS) is 18.2. The van der Waals surface area contributed by atoms with Gasteiger partial charge in [-0.25, -0.2) is 4.99 Å². The number of rotatable bonds is 4. The van der Waals surface area contributed by atoms with E-state index in [4.69, 9.17) is 14.1 Å². The van der Waals surface area contributed by atoms with Gasteiger partial charge in [-0.15, -0.1) is 11.3 Å². The number of thiazole rings is 1. The van der Waals surface area contributed by atoms with Gasteiger partial charge in [0.05, 0.1) is 30.3 Å². The highest BCUT2D eigenvalue weighted by Gasteiger charge is 2.19. The van der Waals surface area contributed by atoms with Gasteiger partial charge < -0.3 is 13.7 Å². The number of hydrogen-bond donors (Lipinski definition) is 0. The topological polar surface area (TPSA) is 39.7 Å². The summed E-state index contributed by atoms with van der Waals surface area (Å²) in [6.45, 7) is 5.88. The monoisotopic (exact) mass is 354 g/mol. The van der Waals surface area contributed by atoms with Crippen molar-refractivity contribution in [2.75, 3.05) is 6.61 Å². The summed E-state index contributed by atoms with van der Waals surface area (Å²) in [6.07, 6.45) is 4.20. The second kappa shape index (κ2) is 7.02. The fourth-order valence-corrected chi connectivity index (χ4v) is 4.25. The van der Waals surface area contributed by atoms with Gasteiger partial charge in [-0.1, -0.05) is 6.07 Å². The highest BCUT2D eigenvalue weighted by Crippen LogP contribution is 2.24. The zero-order chi connectivity index (χ0) is 17.2. The molecule has 25 heavy (non-hydrogen) atoms. The van der Waals surface area contributed by atoms with Gasteiger partial charge in [0, 0.05) is 12.0 Å². The van der Waals surface area contributed by atoms with Gasteiger partial charge in [-0.3, -0.25) is 0 Å². The standard InChI is InChI=1S/C20H22N2O2S/c1-14-9-15(2)11-16(10-14)21-20-22(12-17-5-3-7-23-17)18(13-25-20)19-6-4-8-24-19/h4,6,8-11,13,17H,3,5,7,12H2,1-2H3. The van der Waals surface area contributed by atoms with E-state index in [-0.39, 0.29) is 6.10 Å². The van der Waals surface area contributed by atoms with Gasteiger partial charge in [0.15, 0.2) is 10.6 Å². The summed E-state index contributed by atoms with van der Waals surface area (Å²) >= 11 is 1.65. The Labute approximate surface area is 151 Å². The molecule has 2 aromatic heterocycles. The zero-order valence-corrected chi connectivity index (χ0v) is 15.4. The lowest BCUT2D eigenvalue weighted by Gasteiger charge is -2.13. The lowest BCUT2D eigenvalue weighted by atomic mass is 10.1. The van der Waals surface area contributed by atoms with Crippen LogP contribution in [0.1, 0.15) is 24.0 Å². The van der Waals surface area contributed by atoms with Crippen molar-refractivity contribution in [2.45, 2.75) is 39.3 Å². The molecule has 1 saturated heterocycles. The Kier molecular flexibility index (Phi) is 4.59. The van der Waals surface area contributed by atoms with E-state index in [2.05, 4.69) is 42.0 Å². The SMILES string of the molecule is Cc1cc(C)cc(N=c2scc(-c3ccco3)n2CC2CCCO2)c1. The minimum Gasteiger partial charge on any atom is -0.463 e. The molecule has 0 N–H and O–H groups in total. The van der Waals surface area contributed by atoms with Gasteiger partial charge >= 0.3 is 0 Å². The molecule has 0 bridgehead atoms. The van der Waals surface area contributed by atoms with Gasteiger partial charge in [-0.05, 0) is 62.1 Å². The van der Waals surface area contributed by atoms with Crippen molar-refractivity contribution in [1.82, 2.24) is 4.57 Å². The van der Waals surface area contributed by atoms with Crippen LogP contribution < -0.4 is 4.80 Å². The molecule has 1 aliphatic heterocycles. The summed E-state index contributed by atoms with van der Waals surface area (Å²) in [6, 6.07) is 10.3. The maximum Gasteiger partial charge on any atom is 0.190 e. The predicted octanol–water partition coefficient (Wildman–Crippen LogP) is 4.84. The largest absolute Gasteiger partial charge is 0.463 e. The average molecular weight is 354 g/mol. The lowest BCUT2D eigenvalue weighted by molar-refractivity contribution is 0.0967. The minimum atomic E-state index is 0.251. The Bertz CT molecular complexity index is 895. The van der Waals surface area contributed by atoms with Crippen molar-refractivity contribution in [3.8, 4) is 11.5 Å². The van der Waals surface area contributed by atoms with Crippen molar-refractivity contribution in [1.29, 1.82) is 0 Å². The van der Waals surface area contributed by atoms with E-state index in [0.29, 0.717) is 0 Å². The number of furan rings is 1. The van der Waals surface area contributed by atoms with Crippen LogP contribution in [0.15, 0.2) is 51.4 Å². The molecule has 4 rings (SSSR count). The maximum absolute atomic E-state index is 5.85. The van der Waals surface area contributed by atoms with Crippen LogP contribution in [0, 0.1) is 13.8 Å². The van der Waals surface area contributed by atoms with Crippen LogP contribution in [-0.2, 0) is 11.3 Å². The summed E-state index contributed by atoms with van der Waals surface area (Å²) in [7, 11) is 0. The number of hydrogen-bond acceptors (Lipinski definition) is 4. The highest BCUT2D eigenvalue weighted by atomic mass is 32.1. The lowest BCUT2D eigenvalue weighted by Crippen LogP contribution is -2.23. The van der Waals surface area contributed by atoms with Gasteiger partial charge in [0.25, 0.3) is 0 Å². The quantitative estimate of drug-likeness (QED) is 0.673. The molecule has 0 aliphatic carbocycles. The summed E-state index contributed by atoms with van der Waals surface area (Å²) in [5.74, 6) is 0.871. The second-order valence-electron chi connectivity index (χ2n) is 6.58. The summed E-state index contributed by atoms with van der Waals surface area (Å²) in [4.78, 5) is 5.90. The number of benzene rings is 1. The van der Waals surface area contributed by atoms with E-state index in [1.54, 1.807) is 17.6 Å². The highest BCUT2D eigenvalue weighted by molar-refractivity contribution is 7.07. The fourth-order valence-electron chi connectivity index (χ4n) is 3.33. The van der Waals surface area contributed by atoms with Crippen LogP contribution in [0.2, 0.25) is 0 Å². The molecule has 3 aromatic rings. The van der Waals surface area contributed by atoms with Crippen LogP contribution in [0.3, 0.4) is 0 Å². The maximum atomic E-state index is 5.85. The molecule has 1 atom stereocenters. The third-order valence-corrected chi connectivity index (χ3v) is 5.28. The summed E-state index contributed by atoms with van der Waals surface area (Å²) < 4.78 is 13.7. The van der Waals surface area contributed by atoms with Crippen molar-refractivity contribution in [2.24, 2.45) is 4.99 Å². The molecule has 1 aromatic carbocycles. The molecular weight excluding hydrogens is 332 g/mol. The smallest absolute Gasteiger partial charge is 0.190 e. The number of aromatic nitrogens is 1. The molecule has 0 amide bonds. The van der Waals surface area contributed by atoms with E-state index in [1.807, 2.05) is 12.1 Å². The molecule has 1 aliphatic rings. The van der Waals surface area contributed by atoms with E-state index >= 15 is 0 Å². The number of ether oxygens (including phenoxy) is 1. The Morgan fingerprint density at radius 3 is 2.76 bits per heavy atom. The Balaban J connectivity index is 1.79. The Morgan fingerprint density at radius 1 is 1.24 bits per heavy atom. The Morgan fingerprint density at radius 2 is 2.08 bits per heavy atom. The summed E-state index contributed by atoms with van der Waals surface area (Å²) in [5.41, 5.74) is 4.51. The molecule has 1 fully saturated rings. The van der Waals surface area contributed by atoms with Crippen LogP contribution >= 0.6 is 11.3 Å². The van der Waals surface area contributed by atoms with Crippen molar-refractivity contribution in [3.63, 3.8) is 0 Å². The molecule has 130 valence electrons. The first-order valence-electron chi connectivity index (χ1n) is 8.66. The molecular formula is C20H22N2O2S. The van der Waals surface area contributed by atoms with Gasteiger partial charge in [0.2, 0.25) is 0 Å². The Hall–Kier alpha value is -2.11. The molecule has 1 unspecified atom stereocenters. The molecule has 5 heteroatoms. The van der Waals surface area contributed by atoms with Gasteiger partial charge in [0.1, 0.15) is 0 Å². The fraction of sp³-hybridized carbons (Fsp3) is 0.350. The third-order valence-electron chi connectivity index (χ3n) is 4.41. The molecule has 4 nitrogen and oxygen atoms in total. The van der Waals surface area contributed by atoms with Crippen molar-refractivity contribution >= 4 is 17.0 Å². The van der Waals surface area contributed by atoms with Crippen LogP contribution in [0.25, 0.3) is 11.5 Å². The van der Waals surface area contributed by atoms with E-state index in [0.717, 1.165) is 47.9 Å². The van der Waals surface area contributed by atoms with Gasteiger partial charge in [-0.2, -0.15) is 0 Å². The molecule has 3 heterocycles. The number of aryl methyl sites for hydroxylation is 2. The first-order valence-corrected chi connectivity index (χ1v) is 9.54. The predicted molar refractivity (Wildman–Crippen MR) is 100 cm³/mol. The van der Waals surface area contributed by atoms with Crippen LogP contribution in [-0.4, -0.2) is 17.3 Å².